The largest absolute Gasteiger partial charge is 0.379 e. The van der Waals surface area contributed by atoms with Gasteiger partial charge in [-0.3, -0.25) is 0 Å². The maximum Gasteiger partial charge on any atom is 0.319 e. The summed E-state index contributed by atoms with van der Waals surface area (Å²) in [4.78, 5) is 13.7. The number of hydrogen-bond acceptors (Lipinski definition) is 3. The van der Waals surface area contributed by atoms with E-state index in [0.29, 0.717) is 6.61 Å². The molecule has 0 aliphatic carbocycles. The van der Waals surface area contributed by atoms with Crippen LogP contribution < -0.4 is 15.5 Å². The highest BCUT2D eigenvalue weighted by atomic mass is 16.5. The highest BCUT2D eigenvalue weighted by Crippen LogP contribution is 2.15. The van der Waals surface area contributed by atoms with Crippen molar-refractivity contribution in [1.82, 2.24) is 5.32 Å². The number of anilines is 2. The summed E-state index contributed by atoms with van der Waals surface area (Å²) in [5.74, 6) is 0. The monoisotopic (exact) mass is 249 g/mol. The first-order chi connectivity index (χ1) is 8.65. The number of amides is 2. The van der Waals surface area contributed by atoms with Crippen molar-refractivity contribution in [3.8, 4) is 0 Å². The Bertz CT molecular complexity index is 397. The standard InChI is InChI=1S/C13H19N3O2/c1-16(2)12-5-3-10(4-6-12)14-13(17)15-11-7-8-18-9-11/h3-6,11H,7-9H2,1-2H3,(H2,14,15,17). The molecule has 0 saturated carbocycles. The van der Waals surface area contributed by atoms with Crippen molar-refractivity contribution >= 4 is 17.4 Å². The lowest BCUT2D eigenvalue weighted by Crippen LogP contribution is -2.38. The Morgan fingerprint density at radius 3 is 2.61 bits per heavy atom. The number of benzene rings is 1. The molecule has 1 heterocycles. The number of ether oxygens (including phenoxy) is 1. The number of nitrogens with zero attached hydrogens (tertiary/aromatic N) is 1. The van der Waals surface area contributed by atoms with Gasteiger partial charge in [-0.15, -0.1) is 0 Å². The maximum absolute atomic E-state index is 11.7. The smallest absolute Gasteiger partial charge is 0.319 e. The van der Waals surface area contributed by atoms with Gasteiger partial charge in [0.1, 0.15) is 0 Å². The molecule has 0 bridgehead atoms. The van der Waals surface area contributed by atoms with Gasteiger partial charge in [-0.05, 0) is 30.7 Å². The summed E-state index contributed by atoms with van der Waals surface area (Å²) in [6.07, 6.45) is 0.882. The van der Waals surface area contributed by atoms with Crippen LogP contribution in [0.25, 0.3) is 0 Å². The van der Waals surface area contributed by atoms with Gasteiger partial charge in [0.15, 0.2) is 0 Å². The van der Waals surface area contributed by atoms with E-state index < -0.39 is 0 Å². The molecule has 1 aliphatic heterocycles. The molecule has 1 unspecified atom stereocenters. The molecular formula is C13H19N3O2. The molecule has 1 atom stereocenters. The molecule has 1 saturated heterocycles. The van der Waals surface area contributed by atoms with Gasteiger partial charge in [0.05, 0.1) is 12.6 Å². The van der Waals surface area contributed by atoms with Gasteiger partial charge in [-0.2, -0.15) is 0 Å². The van der Waals surface area contributed by atoms with Crippen LogP contribution in [0.4, 0.5) is 16.2 Å². The topological polar surface area (TPSA) is 53.6 Å². The van der Waals surface area contributed by atoms with E-state index in [2.05, 4.69) is 10.6 Å². The van der Waals surface area contributed by atoms with E-state index in [1.165, 1.54) is 0 Å². The summed E-state index contributed by atoms with van der Waals surface area (Å²) < 4.78 is 5.20. The quantitative estimate of drug-likeness (QED) is 0.856. The molecule has 18 heavy (non-hydrogen) atoms. The van der Waals surface area contributed by atoms with Gasteiger partial charge in [0, 0.05) is 32.1 Å². The van der Waals surface area contributed by atoms with E-state index in [1.807, 2.05) is 43.3 Å². The summed E-state index contributed by atoms with van der Waals surface area (Å²) in [5, 5.41) is 5.69. The predicted molar refractivity (Wildman–Crippen MR) is 72.1 cm³/mol. The Labute approximate surface area is 107 Å². The molecule has 1 fully saturated rings. The van der Waals surface area contributed by atoms with Gasteiger partial charge in [0.2, 0.25) is 0 Å². The fraction of sp³-hybridized carbons (Fsp3) is 0.462. The zero-order valence-electron chi connectivity index (χ0n) is 10.8. The lowest BCUT2D eigenvalue weighted by molar-refractivity contribution is 0.189. The Kier molecular flexibility index (Phi) is 4.04. The van der Waals surface area contributed by atoms with E-state index >= 15 is 0 Å². The van der Waals surface area contributed by atoms with Crippen molar-refractivity contribution in [2.75, 3.05) is 37.5 Å². The van der Waals surface area contributed by atoms with Crippen LogP contribution in [0.1, 0.15) is 6.42 Å². The number of carbonyl (C=O) groups excluding carboxylic acids is 1. The first-order valence-electron chi connectivity index (χ1n) is 6.08. The second kappa shape index (κ2) is 5.73. The minimum Gasteiger partial charge on any atom is -0.379 e. The van der Waals surface area contributed by atoms with Crippen LogP contribution >= 0.6 is 0 Å². The molecule has 98 valence electrons. The molecule has 1 aromatic rings. The van der Waals surface area contributed by atoms with Crippen molar-refractivity contribution in [1.29, 1.82) is 0 Å². The van der Waals surface area contributed by atoms with Crippen LogP contribution in [-0.2, 0) is 4.74 Å². The molecule has 5 heteroatoms. The number of nitrogens with one attached hydrogen (secondary N) is 2. The molecule has 0 radical (unpaired) electrons. The molecule has 2 amide bonds. The van der Waals surface area contributed by atoms with Crippen LogP contribution in [0.2, 0.25) is 0 Å². The Hall–Kier alpha value is -1.75. The summed E-state index contributed by atoms with van der Waals surface area (Å²) in [6.45, 7) is 1.33. The van der Waals surface area contributed by atoms with Crippen molar-refractivity contribution in [2.45, 2.75) is 12.5 Å². The lowest BCUT2D eigenvalue weighted by atomic mass is 10.2. The number of rotatable bonds is 3. The number of urea groups is 1. The maximum atomic E-state index is 11.7. The predicted octanol–water partition coefficient (Wildman–Crippen LogP) is 1.66. The molecule has 0 aromatic heterocycles. The minimum absolute atomic E-state index is 0.131. The van der Waals surface area contributed by atoms with Gasteiger partial charge in [0.25, 0.3) is 0 Å². The zero-order valence-corrected chi connectivity index (χ0v) is 10.8. The average Bonchev–Trinajstić information content (AvgIpc) is 2.82. The summed E-state index contributed by atoms with van der Waals surface area (Å²) >= 11 is 0. The third-order valence-electron chi connectivity index (χ3n) is 2.91. The first-order valence-corrected chi connectivity index (χ1v) is 6.08. The van der Waals surface area contributed by atoms with Crippen LogP contribution in [0.3, 0.4) is 0 Å². The summed E-state index contributed by atoms with van der Waals surface area (Å²) in [5.41, 5.74) is 1.89. The van der Waals surface area contributed by atoms with Gasteiger partial charge in [-0.25, -0.2) is 4.79 Å². The third kappa shape index (κ3) is 3.37. The highest BCUT2D eigenvalue weighted by Gasteiger charge is 2.17. The lowest BCUT2D eigenvalue weighted by Gasteiger charge is -2.14. The van der Waals surface area contributed by atoms with E-state index in [0.717, 1.165) is 24.4 Å². The Balaban J connectivity index is 1.86. The average molecular weight is 249 g/mol. The number of carbonyl (C=O) groups is 1. The molecular weight excluding hydrogens is 230 g/mol. The van der Waals surface area contributed by atoms with Crippen molar-refractivity contribution < 1.29 is 9.53 Å². The fourth-order valence-electron chi connectivity index (χ4n) is 1.84. The van der Waals surface area contributed by atoms with Crippen molar-refractivity contribution in [3.63, 3.8) is 0 Å². The van der Waals surface area contributed by atoms with Crippen LogP contribution in [0, 0.1) is 0 Å². The Morgan fingerprint density at radius 1 is 1.33 bits per heavy atom. The second-order valence-electron chi connectivity index (χ2n) is 4.60. The van der Waals surface area contributed by atoms with Crippen LogP contribution in [-0.4, -0.2) is 39.4 Å². The molecule has 2 rings (SSSR count). The molecule has 2 N–H and O–H groups in total. The third-order valence-corrected chi connectivity index (χ3v) is 2.91. The fourth-order valence-corrected chi connectivity index (χ4v) is 1.84. The van der Waals surface area contributed by atoms with Crippen molar-refractivity contribution in [2.24, 2.45) is 0 Å². The van der Waals surface area contributed by atoms with E-state index in [9.17, 15) is 4.79 Å². The van der Waals surface area contributed by atoms with Gasteiger partial charge < -0.3 is 20.3 Å². The molecule has 1 aromatic carbocycles. The summed E-state index contributed by atoms with van der Waals surface area (Å²) in [6, 6.07) is 7.66. The van der Waals surface area contributed by atoms with E-state index in [4.69, 9.17) is 4.74 Å². The second-order valence-corrected chi connectivity index (χ2v) is 4.60. The first kappa shape index (κ1) is 12.7. The van der Waals surface area contributed by atoms with Gasteiger partial charge >= 0.3 is 6.03 Å². The highest BCUT2D eigenvalue weighted by molar-refractivity contribution is 5.89. The SMILES string of the molecule is CN(C)c1ccc(NC(=O)NC2CCOC2)cc1. The minimum atomic E-state index is -0.178. The normalized spacial score (nSPS) is 18.4. The van der Waals surface area contributed by atoms with Crippen molar-refractivity contribution in [3.05, 3.63) is 24.3 Å². The van der Waals surface area contributed by atoms with E-state index in [1.54, 1.807) is 0 Å². The van der Waals surface area contributed by atoms with Crippen LogP contribution in [0.15, 0.2) is 24.3 Å². The number of hydrogen-bond donors (Lipinski definition) is 2. The summed E-state index contributed by atoms with van der Waals surface area (Å²) in [7, 11) is 3.96. The zero-order chi connectivity index (χ0) is 13.0. The van der Waals surface area contributed by atoms with Gasteiger partial charge in [-0.1, -0.05) is 0 Å². The molecule has 0 spiro atoms. The van der Waals surface area contributed by atoms with Crippen LogP contribution in [0.5, 0.6) is 0 Å². The Morgan fingerprint density at radius 2 is 2.06 bits per heavy atom. The molecule has 1 aliphatic rings. The van der Waals surface area contributed by atoms with E-state index in [-0.39, 0.29) is 12.1 Å². The molecule has 5 nitrogen and oxygen atoms in total.